The topological polar surface area (TPSA) is 58.2 Å². The number of sulfonamides is 1. The molecule has 1 fully saturated rings. The molecule has 0 bridgehead atoms. The van der Waals surface area contributed by atoms with Crippen LogP contribution in [0.3, 0.4) is 0 Å². The fraction of sp³-hybridized carbons (Fsp3) is 0.400. The molecule has 0 aliphatic carbocycles. The van der Waals surface area contributed by atoms with Crippen LogP contribution in [-0.4, -0.2) is 27.5 Å². The second kappa shape index (κ2) is 5.64. The van der Waals surface area contributed by atoms with Gasteiger partial charge < -0.3 is 5.32 Å². The van der Waals surface area contributed by atoms with Gasteiger partial charge in [0.05, 0.1) is 10.0 Å². The molecule has 1 aromatic rings. The Hall–Kier alpha value is 0.150. The Kier molecular flexibility index (Phi) is 4.57. The van der Waals surface area contributed by atoms with Gasteiger partial charge in [0.15, 0.2) is 0 Å². The van der Waals surface area contributed by atoms with Gasteiger partial charge in [-0.25, -0.2) is 13.1 Å². The number of halogens is 3. The van der Waals surface area contributed by atoms with Gasteiger partial charge in [0.25, 0.3) is 0 Å². The third-order valence-electron chi connectivity index (χ3n) is 2.65. The predicted molar refractivity (Wildman–Crippen MR) is 75.8 cm³/mol. The minimum absolute atomic E-state index is 0.0346. The van der Waals surface area contributed by atoms with Crippen molar-refractivity contribution in [1.29, 1.82) is 0 Å². The maximum atomic E-state index is 12.2. The molecule has 1 aromatic carbocycles. The van der Waals surface area contributed by atoms with E-state index in [0.29, 0.717) is 16.0 Å². The molecule has 1 atom stereocenters. The molecule has 1 unspecified atom stereocenters. The first kappa shape index (κ1) is 14.6. The van der Waals surface area contributed by atoms with E-state index in [1.165, 1.54) is 12.1 Å². The van der Waals surface area contributed by atoms with E-state index in [1.54, 1.807) is 0 Å². The van der Waals surface area contributed by atoms with Gasteiger partial charge in [0, 0.05) is 17.1 Å². The van der Waals surface area contributed by atoms with Crippen LogP contribution in [0.15, 0.2) is 21.5 Å². The number of hydrogen-bond donors (Lipinski definition) is 2. The summed E-state index contributed by atoms with van der Waals surface area (Å²) < 4.78 is 27.5. The molecule has 0 spiro atoms. The fourth-order valence-electron chi connectivity index (χ4n) is 1.75. The van der Waals surface area contributed by atoms with Gasteiger partial charge in [-0.05, 0) is 41.0 Å². The van der Waals surface area contributed by atoms with E-state index in [-0.39, 0.29) is 16.0 Å². The van der Waals surface area contributed by atoms with Crippen LogP contribution < -0.4 is 10.0 Å². The number of nitrogens with one attached hydrogen (secondary N) is 2. The second-order valence-corrected chi connectivity index (χ2v) is 7.36. The predicted octanol–water partition coefficient (Wildman–Crippen LogP) is 2.40. The molecule has 0 amide bonds. The van der Waals surface area contributed by atoms with E-state index in [9.17, 15) is 8.42 Å². The van der Waals surface area contributed by atoms with Crippen LogP contribution in [0.5, 0.6) is 0 Å². The smallest absolute Gasteiger partial charge is 0.242 e. The van der Waals surface area contributed by atoms with Crippen LogP contribution >= 0.6 is 39.1 Å². The van der Waals surface area contributed by atoms with Crippen molar-refractivity contribution in [2.24, 2.45) is 0 Å². The van der Waals surface area contributed by atoms with Crippen molar-refractivity contribution in [3.05, 3.63) is 26.7 Å². The molecule has 1 aliphatic heterocycles. The maximum Gasteiger partial charge on any atom is 0.242 e. The zero-order valence-corrected chi connectivity index (χ0v) is 13.1. The van der Waals surface area contributed by atoms with E-state index < -0.39 is 10.0 Å². The summed E-state index contributed by atoms with van der Waals surface area (Å²) >= 11 is 15.0. The molecule has 1 heterocycles. The number of rotatable bonds is 3. The van der Waals surface area contributed by atoms with Crippen molar-refractivity contribution >= 4 is 49.2 Å². The van der Waals surface area contributed by atoms with Crippen molar-refractivity contribution < 1.29 is 8.42 Å². The SMILES string of the molecule is O=S(=O)(NC1CCNC1)c1cc(Br)c(Cl)cc1Cl. The third kappa shape index (κ3) is 3.18. The van der Waals surface area contributed by atoms with Crippen LogP contribution in [0, 0.1) is 0 Å². The lowest BCUT2D eigenvalue weighted by molar-refractivity contribution is 0.560. The highest BCUT2D eigenvalue weighted by Crippen LogP contribution is 2.31. The molecule has 0 radical (unpaired) electrons. The van der Waals surface area contributed by atoms with Crippen molar-refractivity contribution in [2.45, 2.75) is 17.4 Å². The van der Waals surface area contributed by atoms with Gasteiger partial charge in [0.2, 0.25) is 10.0 Å². The van der Waals surface area contributed by atoms with Crippen LogP contribution in [-0.2, 0) is 10.0 Å². The Labute approximate surface area is 124 Å². The molecule has 1 aliphatic rings. The normalized spacial score (nSPS) is 20.3. The Balaban J connectivity index is 2.31. The summed E-state index contributed by atoms with van der Waals surface area (Å²) in [7, 11) is -3.62. The summed E-state index contributed by atoms with van der Waals surface area (Å²) in [5, 5.41) is 3.58. The van der Waals surface area contributed by atoms with Crippen molar-refractivity contribution in [1.82, 2.24) is 10.0 Å². The average Bonchev–Trinajstić information content (AvgIpc) is 2.75. The summed E-state index contributed by atoms with van der Waals surface area (Å²) in [5.41, 5.74) is 0. The Morgan fingerprint density at radius 1 is 1.33 bits per heavy atom. The molecule has 100 valence electrons. The molecule has 2 N–H and O–H groups in total. The van der Waals surface area contributed by atoms with Gasteiger partial charge in [-0.2, -0.15) is 0 Å². The molecular weight excluding hydrogens is 363 g/mol. The highest BCUT2D eigenvalue weighted by Gasteiger charge is 2.25. The highest BCUT2D eigenvalue weighted by molar-refractivity contribution is 9.10. The Bertz CT molecular complexity index is 559. The van der Waals surface area contributed by atoms with E-state index in [1.807, 2.05) is 0 Å². The molecule has 0 aromatic heterocycles. The Morgan fingerprint density at radius 3 is 2.67 bits per heavy atom. The number of benzene rings is 1. The monoisotopic (exact) mass is 372 g/mol. The molecular formula is C10H11BrCl2N2O2S. The van der Waals surface area contributed by atoms with E-state index in [2.05, 4.69) is 26.0 Å². The van der Waals surface area contributed by atoms with Crippen molar-refractivity contribution in [3.63, 3.8) is 0 Å². The zero-order valence-electron chi connectivity index (χ0n) is 9.21. The molecule has 8 heteroatoms. The molecule has 18 heavy (non-hydrogen) atoms. The first-order valence-corrected chi connectivity index (χ1v) is 8.31. The lowest BCUT2D eigenvalue weighted by atomic mass is 10.3. The lowest BCUT2D eigenvalue weighted by Crippen LogP contribution is -2.36. The summed E-state index contributed by atoms with van der Waals surface area (Å²) in [4.78, 5) is 0.0346. The molecule has 1 saturated heterocycles. The largest absolute Gasteiger partial charge is 0.315 e. The van der Waals surface area contributed by atoms with Crippen molar-refractivity contribution in [2.75, 3.05) is 13.1 Å². The highest BCUT2D eigenvalue weighted by atomic mass is 79.9. The fourth-order valence-corrected chi connectivity index (χ4v) is 4.29. The quantitative estimate of drug-likeness (QED) is 0.800. The molecule has 0 saturated carbocycles. The van der Waals surface area contributed by atoms with Crippen molar-refractivity contribution in [3.8, 4) is 0 Å². The maximum absolute atomic E-state index is 12.2. The van der Waals surface area contributed by atoms with E-state index in [4.69, 9.17) is 23.2 Å². The molecule has 2 rings (SSSR count). The van der Waals surface area contributed by atoms with E-state index in [0.717, 1.165) is 13.0 Å². The van der Waals surface area contributed by atoms with Gasteiger partial charge in [-0.1, -0.05) is 23.2 Å². The van der Waals surface area contributed by atoms with Crippen LogP contribution in [0.25, 0.3) is 0 Å². The van der Waals surface area contributed by atoms with Crippen LogP contribution in [0.1, 0.15) is 6.42 Å². The van der Waals surface area contributed by atoms with Gasteiger partial charge >= 0.3 is 0 Å². The minimum atomic E-state index is -3.62. The second-order valence-electron chi connectivity index (χ2n) is 4.01. The first-order chi connectivity index (χ1) is 8.40. The first-order valence-electron chi connectivity index (χ1n) is 5.28. The van der Waals surface area contributed by atoms with Gasteiger partial charge in [0.1, 0.15) is 4.90 Å². The zero-order chi connectivity index (χ0) is 13.3. The van der Waals surface area contributed by atoms with Gasteiger partial charge in [-0.3, -0.25) is 0 Å². The summed E-state index contributed by atoms with van der Waals surface area (Å²) in [6.45, 7) is 1.44. The van der Waals surface area contributed by atoms with Crippen LogP contribution in [0.4, 0.5) is 0 Å². The lowest BCUT2D eigenvalue weighted by Gasteiger charge is -2.13. The number of hydrogen-bond acceptors (Lipinski definition) is 3. The Morgan fingerprint density at radius 2 is 2.06 bits per heavy atom. The summed E-state index contributed by atoms with van der Waals surface area (Å²) in [6.07, 6.45) is 0.769. The summed E-state index contributed by atoms with van der Waals surface area (Å²) in [5.74, 6) is 0. The van der Waals surface area contributed by atoms with Gasteiger partial charge in [-0.15, -0.1) is 0 Å². The minimum Gasteiger partial charge on any atom is -0.315 e. The third-order valence-corrected chi connectivity index (χ3v) is 5.83. The van der Waals surface area contributed by atoms with Crippen LogP contribution in [0.2, 0.25) is 10.0 Å². The summed E-state index contributed by atoms with van der Waals surface area (Å²) in [6, 6.07) is 2.73. The average molecular weight is 374 g/mol. The molecule has 4 nitrogen and oxygen atoms in total. The standard InChI is InChI=1S/C10H11BrCl2N2O2S/c11-7-3-10(9(13)4-8(7)12)18(16,17)15-6-1-2-14-5-6/h3-4,6,14-15H,1-2,5H2. The van der Waals surface area contributed by atoms with E-state index >= 15 is 0 Å².